The predicted octanol–water partition coefficient (Wildman–Crippen LogP) is 7.30. The van der Waals surface area contributed by atoms with Gasteiger partial charge in [0.05, 0.1) is 13.2 Å². The molecule has 6 heterocycles. The van der Waals surface area contributed by atoms with Crippen LogP contribution in [0.2, 0.25) is 0 Å². The van der Waals surface area contributed by atoms with Crippen LogP contribution in [0.15, 0.2) is 67.6 Å². The maximum atomic E-state index is 5.52. The number of hydrogen-bond acceptors (Lipinski definition) is 10. The molecule has 0 amide bonds. The zero-order chi connectivity index (χ0) is 33.4. The fourth-order valence-electron chi connectivity index (χ4n) is 8.29. The quantitative estimate of drug-likeness (QED) is 0.162. The van der Waals surface area contributed by atoms with Gasteiger partial charge in [-0.05, 0) is 92.8 Å². The van der Waals surface area contributed by atoms with Crippen molar-refractivity contribution in [3.05, 3.63) is 78.8 Å². The van der Waals surface area contributed by atoms with Crippen molar-refractivity contribution in [2.75, 3.05) is 41.8 Å². The number of morpholine rings is 1. The zero-order valence-corrected chi connectivity index (χ0v) is 28.5. The minimum absolute atomic E-state index is 0.392. The molecule has 1 aliphatic heterocycles. The molecule has 12 heteroatoms. The monoisotopic (exact) mass is 669 g/mol. The Labute approximate surface area is 291 Å². The molecule has 9 rings (SSSR count). The average molecular weight is 670 g/mol. The van der Waals surface area contributed by atoms with E-state index in [1.54, 1.807) is 6.20 Å². The highest BCUT2D eigenvalue weighted by atomic mass is 16.5. The summed E-state index contributed by atoms with van der Waals surface area (Å²) < 4.78 is 10.4. The van der Waals surface area contributed by atoms with E-state index in [4.69, 9.17) is 19.7 Å². The van der Waals surface area contributed by atoms with Crippen molar-refractivity contribution in [2.24, 2.45) is 5.92 Å². The second-order valence-corrected chi connectivity index (χ2v) is 14.1. The fourth-order valence-corrected chi connectivity index (χ4v) is 8.29. The summed E-state index contributed by atoms with van der Waals surface area (Å²) >= 11 is 0. The lowest BCUT2D eigenvalue weighted by atomic mass is 9.98. The summed E-state index contributed by atoms with van der Waals surface area (Å²) in [5, 5.41) is 8.99. The zero-order valence-electron chi connectivity index (χ0n) is 28.5. The Morgan fingerprint density at radius 1 is 0.780 bits per heavy atom. The summed E-state index contributed by atoms with van der Waals surface area (Å²) in [5.74, 6) is 2.44. The Balaban J connectivity index is 0.939. The number of aryl methyl sites for hydroxylation is 1. The van der Waals surface area contributed by atoms with E-state index in [1.807, 2.05) is 18.5 Å². The van der Waals surface area contributed by atoms with Crippen molar-refractivity contribution in [2.45, 2.75) is 70.4 Å². The van der Waals surface area contributed by atoms with E-state index in [1.165, 1.54) is 60.6 Å². The summed E-state index contributed by atoms with van der Waals surface area (Å²) in [7, 11) is 0. The van der Waals surface area contributed by atoms with Gasteiger partial charge in [-0.25, -0.2) is 19.9 Å². The largest absolute Gasteiger partial charge is 0.378 e. The number of aromatic nitrogens is 8. The Morgan fingerprint density at radius 3 is 2.30 bits per heavy atom. The normalized spacial score (nSPS) is 19.9. The summed E-state index contributed by atoms with van der Waals surface area (Å²) in [6.07, 6.45) is 21.3. The molecule has 1 aromatic carbocycles. The second kappa shape index (κ2) is 13.3. The van der Waals surface area contributed by atoms with Crippen LogP contribution in [0.3, 0.4) is 0 Å². The molecule has 256 valence electrons. The van der Waals surface area contributed by atoms with Gasteiger partial charge in [-0.15, -0.1) is 0 Å². The molecule has 0 spiro atoms. The molecule has 12 nitrogen and oxygen atoms in total. The first kappa shape index (κ1) is 30.9. The first-order chi connectivity index (χ1) is 24.6. The van der Waals surface area contributed by atoms with E-state index >= 15 is 0 Å². The topological polar surface area (TPSA) is 124 Å². The van der Waals surface area contributed by atoms with Gasteiger partial charge in [-0.2, -0.15) is 9.97 Å². The van der Waals surface area contributed by atoms with Crippen molar-refractivity contribution in [3.8, 4) is 0 Å². The fraction of sp³-hybridized carbons (Fsp3) is 0.421. The van der Waals surface area contributed by atoms with Gasteiger partial charge in [0.2, 0.25) is 11.9 Å². The van der Waals surface area contributed by atoms with Crippen molar-refractivity contribution in [1.82, 2.24) is 39.0 Å². The third-order valence-corrected chi connectivity index (χ3v) is 10.9. The van der Waals surface area contributed by atoms with E-state index in [-0.39, 0.29) is 0 Å². The number of rotatable bonds is 9. The highest BCUT2D eigenvalue weighted by Gasteiger charge is 2.30. The number of nitrogens with one attached hydrogen (secondary N) is 2. The Hall–Kier alpha value is -5.10. The molecule has 2 atom stereocenters. The molecular formula is C38H43N11O. The van der Waals surface area contributed by atoms with Crippen LogP contribution >= 0.6 is 0 Å². The van der Waals surface area contributed by atoms with Gasteiger partial charge in [-0.3, -0.25) is 0 Å². The third-order valence-electron chi connectivity index (χ3n) is 10.9. The standard InChI is InChI=1S/C38H43N11O/c1-25-22-48(35-32(25)20-40-38(45-35)44-34-12-13-39-24-42-34)31-9-6-26(19-31)18-27-23-49(30-4-2-3-5-30)36-33(27)21-41-37(46-36)43-28-7-10-29(11-8-28)47-14-16-50-17-15-47/h7-8,10-13,20-24,26,30-31H,2-6,9,14-19H2,1H3,(H,41,43,46)(H,39,40,42,44,45). The minimum Gasteiger partial charge on any atom is -0.378 e. The molecule has 6 aromatic rings. The van der Waals surface area contributed by atoms with E-state index in [0.29, 0.717) is 35.7 Å². The molecule has 2 unspecified atom stereocenters. The molecule has 5 aromatic heterocycles. The maximum Gasteiger partial charge on any atom is 0.230 e. The van der Waals surface area contributed by atoms with Gasteiger partial charge in [0.1, 0.15) is 23.4 Å². The van der Waals surface area contributed by atoms with Gasteiger partial charge in [-0.1, -0.05) is 12.8 Å². The van der Waals surface area contributed by atoms with Gasteiger partial charge in [0.25, 0.3) is 0 Å². The summed E-state index contributed by atoms with van der Waals surface area (Å²) in [6, 6.07) is 11.3. The van der Waals surface area contributed by atoms with Crippen LogP contribution in [0.25, 0.3) is 22.1 Å². The average Bonchev–Trinajstić information content (AvgIpc) is 3.97. The van der Waals surface area contributed by atoms with E-state index in [9.17, 15) is 0 Å². The number of anilines is 5. The lowest BCUT2D eigenvalue weighted by Gasteiger charge is -2.28. The maximum absolute atomic E-state index is 5.52. The summed E-state index contributed by atoms with van der Waals surface area (Å²) in [5.41, 5.74) is 6.81. The molecule has 0 radical (unpaired) electrons. The van der Waals surface area contributed by atoms with Crippen molar-refractivity contribution < 1.29 is 4.74 Å². The van der Waals surface area contributed by atoms with Crippen LogP contribution in [-0.2, 0) is 11.2 Å². The molecule has 1 saturated heterocycles. The van der Waals surface area contributed by atoms with Crippen LogP contribution in [0, 0.1) is 12.8 Å². The minimum atomic E-state index is 0.392. The predicted molar refractivity (Wildman–Crippen MR) is 195 cm³/mol. The second-order valence-electron chi connectivity index (χ2n) is 14.1. The lowest BCUT2D eigenvalue weighted by Crippen LogP contribution is -2.36. The Kier molecular flexibility index (Phi) is 8.23. The number of hydrogen-bond donors (Lipinski definition) is 2. The highest BCUT2D eigenvalue weighted by molar-refractivity contribution is 5.82. The number of nitrogens with zero attached hydrogens (tertiary/aromatic N) is 9. The van der Waals surface area contributed by atoms with Crippen LogP contribution < -0.4 is 15.5 Å². The van der Waals surface area contributed by atoms with Crippen molar-refractivity contribution in [3.63, 3.8) is 0 Å². The van der Waals surface area contributed by atoms with E-state index in [0.717, 1.165) is 67.9 Å². The smallest absolute Gasteiger partial charge is 0.230 e. The highest BCUT2D eigenvalue weighted by Crippen LogP contribution is 2.41. The van der Waals surface area contributed by atoms with Crippen molar-refractivity contribution >= 4 is 51.2 Å². The number of fused-ring (bicyclic) bond motifs is 2. The summed E-state index contributed by atoms with van der Waals surface area (Å²) in [4.78, 5) is 30.1. The molecule has 0 bridgehead atoms. The molecule has 3 aliphatic rings. The summed E-state index contributed by atoms with van der Waals surface area (Å²) in [6.45, 7) is 5.56. The van der Waals surface area contributed by atoms with Crippen LogP contribution in [0.5, 0.6) is 0 Å². The van der Waals surface area contributed by atoms with Crippen molar-refractivity contribution in [1.29, 1.82) is 0 Å². The molecule has 2 saturated carbocycles. The molecular weight excluding hydrogens is 626 g/mol. The lowest BCUT2D eigenvalue weighted by molar-refractivity contribution is 0.122. The number of ether oxygens (including phenoxy) is 1. The molecule has 50 heavy (non-hydrogen) atoms. The SMILES string of the molecule is Cc1cn(C2CCC(Cc3cn(C4CCCC4)c4nc(Nc5ccc(N6CCOCC6)cc5)ncc34)C2)c2nc(Nc3ccncn3)ncc12. The van der Waals surface area contributed by atoms with E-state index in [2.05, 4.69) is 83.2 Å². The van der Waals surface area contributed by atoms with Gasteiger partial charge < -0.3 is 29.4 Å². The van der Waals surface area contributed by atoms with Gasteiger partial charge in [0, 0.05) is 78.3 Å². The van der Waals surface area contributed by atoms with Gasteiger partial charge >= 0.3 is 0 Å². The number of benzene rings is 1. The Bertz CT molecular complexity index is 2100. The Morgan fingerprint density at radius 2 is 1.52 bits per heavy atom. The first-order valence-electron chi connectivity index (χ1n) is 18.1. The van der Waals surface area contributed by atoms with Gasteiger partial charge in [0.15, 0.2) is 0 Å². The molecule has 2 N–H and O–H groups in total. The van der Waals surface area contributed by atoms with Crippen LogP contribution in [0.1, 0.15) is 68.2 Å². The molecule has 2 aliphatic carbocycles. The van der Waals surface area contributed by atoms with Crippen LogP contribution in [-0.4, -0.2) is 65.3 Å². The van der Waals surface area contributed by atoms with Crippen LogP contribution in [0.4, 0.5) is 29.1 Å². The van der Waals surface area contributed by atoms with E-state index < -0.39 is 0 Å². The first-order valence-corrected chi connectivity index (χ1v) is 18.1. The third kappa shape index (κ3) is 6.12. The molecule has 3 fully saturated rings.